The Morgan fingerprint density at radius 3 is 0.822 bits per heavy atom. The molecule has 0 spiro atoms. The van der Waals surface area contributed by atoms with E-state index < -0.39 is 0 Å². The zero-order valence-corrected chi connectivity index (χ0v) is 24.4. The highest BCUT2D eigenvalue weighted by Crippen LogP contribution is 2.39. The molecule has 3 nitrogen and oxygen atoms in total. The Morgan fingerprint density at radius 2 is 0.556 bits per heavy atom. The summed E-state index contributed by atoms with van der Waals surface area (Å²) in [6.45, 7) is 0. The largest absolute Gasteiger partial charge is 0.399 e. The van der Waals surface area contributed by atoms with Gasteiger partial charge in [-0.05, 0) is 107 Å². The van der Waals surface area contributed by atoms with Crippen LogP contribution in [0.4, 0.5) is 17.1 Å². The predicted octanol–water partition coefficient (Wildman–Crippen LogP) is 8.09. The molecule has 7 aromatic rings. The minimum absolute atomic E-state index is 0.711. The van der Waals surface area contributed by atoms with E-state index in [1.165, 1.54) is 0 Å². The van der Waals surface area contributed by atoms with E-state index in [0.717, 1.165) is 65.7 Å². The van der Waals surface area contributed by atoms with Gasteiger partial charge in [0.05, 0.1) is 0 Å². The van der Waals surface area contributed by atoms with Crippen molar-refractivity contribution in [1.29, 1.82) is 0 Å². The number of rotatable bonds is 0. The van der Waals surface area contributed by atoms with Crippen LogP contribution < -0.4 is 17.2 Å². The standard InChI is InChI=1S/C42H27N3/c43-34-22-13-28(14-23-34)10-19-31-4-1-7-37-40(31)38-8-3-6-33(21-12-30-17-26-36(45)27-18-30)42(38)39-9-2-5-32(41(37)39)20-11-29-15-24-35(44)25-16-29/h1-9,13-18,22-27H,43-45H2. The number of benzene rings is 7. The second-order valence-corrected chi connectivity index (χ2v) is 10.8. The Kier molecular flexibility index (Phi) is 7.01. The lowest BCUT2D eigenvalue weighted by Crippen LogP contribution is -1.92. The number of nitrogens with two attached hydrogens (primary N) is 3. The number of anilines is 3. The molecule has 0 unspecified atom stereocenters. The monoisotopic (exact) mass is 573 g/mol. The molecule has 0 aliphatic carbocycles. The van der Waals surface area contributed by atoms with E-state index in [1.54, 1.807) is 0 Å². The fourth-order valence-electron chi connectivity index (χ4n) is 5.58. The first-order chi connectivity index (χ1) is 22.0. The summed E-state index contributed by atoms with van der Waals surface area (Å²) >= 11 is 0. The van der Waals surface area contributed by atoms with Crippen molar-refractivity contribution in [2.75, 3.05) is 17.2 Å². The van der Waals surface area contributed by atoms with Crippen LogP contribution in [0.2, 0.25) is 0 Å². The average molecular weight is 574 g/mol. The lowest BCUT2D eigenvalue weighted by molar-refractivity contribution is 1.63. The van der Waals surface area contributed by atoms with Crippen molar-refractivity contribution in [2.24, 2.45) is 0 Å². The highest BCUT2D eigenvalue weighted by molar-refractivity contribution is 6.28. The summed E-state index contributed by atoms with van der Waals surface area (Å²) in [6.07, 6.45) is 0. The maximum Gasteiger partial charge on any atom is 0.0333 e. The minimum Gasteiger partial charge on any atom is -0.399 e. The molecule has 0 saturated carbocycles. The van der Waals surface area contributed by atoms with Crippen molar-refractivity contribution >= 4 is 49.4 Å². The molecule has 3 heteroatoms. The summed E-state index contributed by atoms with van der Waals surface area (Å²) in [5, 5.41) is 6.48. The van der Waals surface area contributed by atoms with E-state index in [0.29, 0.717) is 17.1 Å². The third-order valence-electron chi connectivity index (χ3n) is 7.76. The Hall–Kier alpha value is -6.60. The zero-order chi connectivity index (χ0) is 30.8. The van der Waals surface area contributed by atoms with Crippen molar-refractivity contribution < 1.29 is 0 Å². The summed E-state index contributed by atoms with van der Waals surface area (Å²) in [6, 6.07) is 41.8. The van der Waals surface area contributed by atoms with E-state index in [1.807, 2.05) is 72.8 Å². The molecule has 0 atom stereocenters. The molecule has 0 bridgehead atoms. The molecule has 0 fully saturated rings. The quantitative estimate of drug-likeness (QED) is 0.0975. The van der Waals surface area contributed by atoms with Crippen LogP contribution in [0, 0.1) is 35.5 Å². The molecule has 0 aliphatic rings. The second-order valence-electron chi connectivity index (χ2n) is 10.8. The number of hydrogen-bond acceptors (Lipinski definition) is 3. The van der Waals surface area contributed by atoms with Gasteiger partial charge < -0.3 is 17.2 Å². The SMILES string of the molecule is Nc1ccc(C#Cc2cccc3c2c2cccc(C#Cc4ccc(N)cc4)c2c2cccc(C#Cc4ccc(N)cc4)c32)cc1. The van der Waals surface area contributed by atoms with Crippen LogP contribution in [0.15, 0.2) is 127 Å². The van der Waals surface area contributed by atoms with E-state index in [2.05, 4.69) is 90.1 Å². The Bertz CT molecular complexity index is 2130. The first-order valence-corrected chi connectivity index (χ1v) is 14.6. The number of hydrogen-bond donors (Lipinski definition) is 3. The normalized spacial score (nSPS) is 10.4. The average Bonchev–Trinajstić information content (AvgIpc) is 3.07. The highest BCUT2D eigenvalue weighted by Gasteiger charge is 2.15. The van der Waals surface area contributed by atoms with E-state index >= 15 is 0 Å². The first-order valence-electron chi connectivity index (χ1n) is 14.6. The van der Waals surface area contributed by atoms with E-state index in [4.69, 9.17) is 17.2 Å². The lowest BCUT2D eigenvalue weighted by Gasteiger charge is -2.14. The van der Waals surface area contributed by atoms with E-state index in [-0.39, 0.29) is 0 Å². The van der Waals surface area contributed by atoms with Crippen molar-refractivity contribution in [2.45, 2.75) is 0 Å². The van der Waals surface area contributed by atoms with Gasteiger partial charge in [0, 0.05) is 66.6 Å². The van der Waals surface area contributed by atoms with Crippen molar-refractivity contribution in [1.82, 2.24) is 0 Å². The van der Waals surface area contributed by atoms with Gasteiger partial charge in [0.1, 0.15) is 0 Å². The smallest absolute Gasteiger partial charge is 0.0333 e. The zero-order valence-electron chi connectivity index (χ0n) is 24.4. The van der Waals surface area contributed by atoms with Gasteiger partial charge in [0.2, 0.25) is 0 Å². The Labute approximate surface area is 262 Å². The topological polar surface area (TPSA) is 78.1 Å². The minimum atomic E-state index is 0.711. The molecule has 0 aromatic heterocycles. The lowest BCUT2D eigenvalue weighted by atomic mass is 9.88. The van der Waals surface area contributed by atoms with Crippen LogP contribution in [0.25, 0.3) is 32.3 Å². The Balaban J connectivity index is 1.54. The molecule has 0 heterocycles. The first kappa shape index (κ1) is 27.2. The van der Waals surface area contributed by atoms with Crippen molar-refractivity contribution in [3.8, 4) is 35.5 Å². The molecule has 7 rings (SSSR count). The number of nitrogen functional groups attached to an aromatic ring is 3. The van der Waals surface area contributed by atoms with Crippen LogP contribution in [0.1, 0.15) is 33.4 Å². The molecule has 0 aliphatic heterocycles. The van der Waals surface area contributed by atoms with Crippen LogP contribution in [-0.4, -0.2) is 0 Å². The van der Waals surface area contributed by atoms with Crippen LogP contribution in [0.5, 0.6) is 0 Å². The maximum atomic E-state index is 5.91. The predicted molar refractivity (Wildman–Crippen MR) is 189 cm³/mol. The third kappa shape index (κ3) is 5.49. The van der Waals surface area contributed by atoms with Crippen molar-refractivity contribution in [3.63, 3.8) is 0 Å². The Morgan fingerprint density at radius 1 is 0.289 bits per heavy atom. The molecule has 210 valence electrons. The molecular weight excluding hydrogens is 546 g/mol. The summed E-state index contributed by atoms with van der Waals surface area (Å²) in [5.74, 6) is 20.4. The molecule has 0 radical (unpaired) electrons. The molecule has 7 aromatic carbocycles. The molecular formula is C42H27N3. The van der Waals surface area contributed by atoms with Gasteiger partial charge in [0.25, 0.3) is 0 Å². The summed E-state index contributed by atoms with van der Waals surface area (Å²) < 4.78 is 0. The summed E-state index contributed by atoms with van der Waals surface area (Å²) in [5.41, 5.74) is 25.3. The van der Waals surface area contributed by atoms with Gasteiger partial charge in [-0.3, -0.25) is 0 Å². The van der Waals surface area contributed by atoms with Gasteiger partial charge in [-0.2, -0.15) is 0 Å². The molecule has 0 saturated heterocycles. The molecule has 45 heavy (non-hydrogen) atoms. The van der Waals surface area contributed by atoms with Gasteiger partial charge >= 0.3 is 0 Å². The molecule has 0 amide bonds. The number of fused-ring (bicyclic) bond motifs is 6. The third-order valence-corrected chi connectivity index (χ3v) is 7.76. The summed E-state index contributed by atoms with van der Waals surface area (Å²) in [7, 11) is 0. The molecule has 6 N–H and O–H groups in total. The fourth-order valence-corrected chi connectivity index (χ4v) is 5.58. The van der Waals surface area contributed by atoms with E-state index in [9.17, 15) is 0 Å². The van der Waals surface area contributed by atoms with Crippen molar-refractivity contribution in [3.05, 3.63) is 161 Å². The fraction of sp³-hybridized carbons (Fsp3) is 0. The van der Waals surface area contributed by atoms with Crippen LogP contribution >= 0.6 is 0 Å². The van der Waals surface area contributed by atoms with Crippen LogP contribution in [-0.2, 0) is 0 Å². The maximum absolute atomic E-state index is 5.91. The highest BCUT2D eigenvalue weighted by atomic mass is 14.5. The second kappa shape index (κ2) is 11.6. The summed E-state index contributed by atoms with van der Waals surface area (Å²) in [4.78, 5) is 0. The van der Waals surface area contributed by atoms with Gasteiger partial charge in [-0.15, -0.1) is 0 Å². The van der Waals surface area contributed by atoms with Gasteiger partial charge in [-0.1, -0.05) is 71.9 Å². The van der Waals surface area contributed by atoms with Crippen LogP contribution in [0.3, 0.4) is 0 Å². The van der Waals surface area contributed by atoms with Gasteiger partial charge in [0.15, 0.2) is 0 Å². The van der Waals surface area contributed by atoms with Gasteiger partial charge in [-0.25, -0.2) is 0 Å².